The zero-order valence-electron chi connectivity index (χ0n) is 24.8. The Bertz CT molecular complexity index is 1330. The summed E-state index contributed by atoms with van der Waals surface area (Å²) < 4.78 is 13.7. The highest BCUT2D eigenvalue weighted by Crippen LogP contribution is 2.44. The SMILES string of the molecule is CC1(C)CCC(CN2CC3CCC2CN3Cc2ccc3c(c2)CN(C2CCCNC2)C3=O)=C(c2ccc(F)cc2)C1. The number of benzene rings is 2. The molecule has 41 heavy (non-hydrogen) atoms. The number of fused-ring (bicyclic) bond motifs is 4. The van der Waals surface area contributed by atoms with Gasteiger partial charge in [0.2, 0.25) is 0 Å². The number of piperazine rings is 1. The van der Waals surface area contributed by atoms with Crippen molar-refractivity contribution in [3.05, 3.63) is 76.1 Å². The van der Waals surface area contributed by atoms with E-state index in [1.54, 1.807) is 17.7 Å². The van der Waals surface area contributed by atoms with E-state index in [0.29, 0.717) is 18.1 Å². The van der Waals surface area contributed by atoms with Gasteiger partial charge in [0, 0.05) is 63.0 Å². The van der Waals surface area contributed by atoms with Crippen LogP contribution in [-0.2, 0) is 13.1 Å². The molecule has 218 valence electrons. The summed E-state index contributed by atoms with van der Waals surface area (Å²) in [5, 5.41) is 3.46. The van der Waals surface area contributed by atoms with Crippen molar-refractivity contribution in [2.75, 3.05) is 32.7 Å². The molecule has 5 heterocycles. The largest absolute Gasteiger partial charge is 0.330 e. The van der Waals surface area contributed by atoms with Gasteiger partial charge < -0.3 is 10.2 Å². The first-order valence-corrected chi connectivity index (χ1v) is 15.9. The molecular weight excluding hydrogens is 511 g/mol. The van der Waals surface area contributed by atoms with E-state index < -0.39 is 0 Å². The van der Waals surface area contributed by atoms with Crippen LogP contribution in [0.15, 0.2) is 48.0 Å². The standard InChI is InChI=1S/C35H45FN4O/c1-35(2)14-13-26(33(17-35)25-6-8-28(36)9-7-25)20-39-23-30-10-11-31(39)22-38(30)19-24-5-12-32-27(16-24)21-40(34(32)41)29-4-3-15-37-18-29/h5-9,12,16,29-31,37H,3-4,10-11,13-15,17-23H2,1-2H3. The number of halogens is 1. The highest BCUT2D eigenvalue weighted by Gasteiger charge is 2.40. The Morgan fingerprint density at radius 1 is 0.951 bits per heavy atom. The number of hydrogen-bond acceptors (Lipinski definition) is 4. The second kappa shape index (κ2) is 10.9. The van der Waals surface area contributed by atoms with Gasteiger partial charge in [-0.2, -0.15) is 0 Å². The zero-order chi connectivity index (χ0) is 28.1. The quantitative estimate of drug-likeness (QED) is 0.485. The Balaban J connectivity index is 1.03. The van der Waals surface area contributed by atoms with Crippen molar-refractivity contribution in [2.24, 2.45) is 5.41 Å². The number of nitrogens with zero attached hydrogens (tertiary/aromatic N) is 3. The summed E-state index contributed by atoms with van der Waals surface area (Å²) in [6.45, 7) is 11.7. The molecule has 6 heteroatoms. The molecule has 2 aromatic carbocycles. The lowest BCUT2D eigenvalue weighted by molar-refractivity contribution is -0.0207. The number of nitrogens with one attached hydrogen (secondary N) is 1. The number of carbonyl (C=O) groups excluding carboxylic acids is 1. The lowest BCUT2D eigenvalue weighted by atomic mass is 9.72. The molecule has 0 spiro atoms. The number of amides is 1. The van der Waals surface area contributed by atoms with Crippen LogP contribution in [0.3, 0.4) is 0 Å². The first-order chi connectivity index (χ1) is 19.8. The molecule has 1 N–H and O–H groups in total. The minimum Gasteiger partial charge on any atom is -0.330 e. The number of allylic oxidation sites excluding steroid dienone is 1. The van der Waals surface area contributed by atoms with Crippen LogP contribution in [0.25, 0.3) is 5.57 Å². The van der Waals surface area contributed by atoms with Crippen LogP contribution in [0, 0.1) is 11.2 Å². The Hall–Kier alpha value is -2.54. The molecule has 2 bridgehead atoms. The maximum absolute atomic E-state index is 13.7. The first-order valence-electron chi connectivity index (χ1n) is 15.9. The van der Waals surface area contributed by atoms with Gasteiger partial charge in [-0.3, -0.25) is 14.6 Å². The number of rotatable bonds is 6. The third-order valence-corrected chi connectivity index (χ3v) is 10.6. The predicted molar refractivity (Wildman–Crippen MR) is 162 cm³/mol. The van der Waals surface area contributed by atoms with Gasteiger partial charge in [-0.15, -0.1) is 0 Å². The van der Waals surface area contributed by atoms with Crippen LogP contribution >= 0.6 is 0 Å². The average Bonchev–Trinajstić information content (AvgIpc) is 3.31. The van der Waals surface area contributed by atoms with Crippen LogP contribution in [0.4, 0.5) is 4.39 Å². The maximum atomic E-state index is 13.7. The Kier molecular flexibility index (Phi) is 7.29. The van der Waals surface area contributed by atoms with E-state index in [1.807, 2.05) is 12.1 Å². The summed E-state index contributed by atoms with van der Waals surface area (Å²) in [6.07, 6.45) is 8.21. The van der Waals surface area contributed by atoms with Gasteiger partial charge in [0.25, 0.3) is 5.91 Å². The fourth-order valence-electron chi connectivity index (χ4n) is 8.22. The Morgan fingerprint density at radius 2 is 1.71 bits per heavy atom. The number of carbonyl (C=O) groups is 1. The third-order valence-electron chi connectivity index (χ3n) is 10.6. The van der Waals surface area contributed by atoms with Crippen molar-refractivity contribution in [3.8, 4) is 0 Å². The molecule has 8 rings (SSSR count). The fraction of sp³-hybridized carbons (Fsp3) is 0.571. The average molecular weight is 557 g/mol. The van der Waals surface area contributed by atoms with Gasteiger partial charge in [-0.25, -0.2) is 4.39 Å². The van der Waals surface area contributed by atoms with Crippen LogP contribution in [0.5, 0.6) is 0 Å². The van der Waals surface area contributed by atoms with E-state index in [0.717, 1.165) is 77.1 Å². The zero-order valence-corrected chi connectivity index (χ0v) is 24.8. The van der Waals surface area contributed by atoms with Crippen LogP contribution in [0.2, 0.25) is 0 Å². The maximum Gasteiger partial charge on any atom is 0.254 e. The molecule has 3 unspecified atom stereocenters. The molecule has 1 aliphatic carbocycles. The van der Waals surface area contributed by atoms with Crippen molar-refractivity contribution in [1.29, 1.82) is 0 Å². The van der Waals surface area contributed by atoms with Crippen molar-refractivity contribution in [2.45, 2.75) is 90.0 Å². The molecule has 0 aromatic heterocycles. The van der Waals surface area contributed by atoms with E-state index in [4.69, 9.17) is 0 Å². The topological polar surface area (TPSA) is 38.8 Å². The molecule has 6 aliphatic rings. The first kappa shape index (κ1) is 27.3. The molecule has 3 atom stereocenters. The lowest BCUT2D eigenvalue weighted by Gasteiger charge is -2.52. The lowest BCUT2D eigenvalue weighted by Crippen LogP contribution is -2.62. The number of hydrogen-bond donors (Lipinski definition) is 1. The Morgan fingerprint density at radius 3 is 2.41 bits per heavy atom. The summed E-state index contributed by atoms with van der Waals surface area (Å²) in [5.41, 5.74) is 7.96. The van der Waals surface area contributed by atoms with Crippen molar-refractivity contribution in [1.82, 2.24) is 20.0 Å². The predicted octanol–water partition coefficient (Wildman–Crippen LogP) is 5.85. The molecule has 5 aliphatic heterocycles. The fourth-order valence-corrected chi connectivity index (χ4v) is 8.22. The number of piperidine rings is 3. The molecule has 4 saturated heterocycles. The molecule has 5 nitrogen and oxygen atoms in total. The summed E-state index contributed by atoms with van der Waals surface area (Å²) in [4.78, 5) is 20.7. The van der Waals surface area contributed by atoms with Gasteiger partial charge >= 0.3 is 0 Å². The Labute approximate surface area is 244 Å². The molecule has 0 radical (unpaired) electrons. The summed E-state index contributed by atoms with van der Waals surface area (Å²) in [7, 11) is 0. The summed E-state index contributed by atoms with van der Waals surface area (Å²) >= 11 is 0. The normalized spacial score (nSPS) is 28.4. The van der Waals surface area contributed by atoms with Gasteiger partial charge in [0.05, 0.1) is 0 Å². The second-order valence-electron chi connectivity index (χ2n) is 14.1. The van der Waals surface area contributed by atoms with E-state index in [-0.39, 0.29) is 17.1 Å². The van der Waals surface area contributed by atoms with Crippen molar-refractivity contribution < 1.29 is 9.18 Å². The van der Waals surface area contributed by atoms with Gasteiger partial charge in [-0.1, -0.05) is 43.7 Å². The van der Waals surface area contributed by atoms with E-state index >= 15 is 0 Å². The van der Waals surface area contributed by atoms with Crippen LogP contribution in [0.1, 0.15) is 85.8 Å². The summed E-state index contributed by atoms with van der Waals surface area (Å²) in [5.74, 6) is 0.0570. The highest BCUT2D eigenvalue weighted by atomic mass is 19.1. The van der Waals surface area contributed by atoms with Gasteiger partial charge in [-0.05, 0) is 97.4 Å². The van der Waals surface area contributed by atoms with E-state index in [2.05, 4.69) is 52.1 Å². The van der Waals surface area contributed by atoms with Crippen LogP contribution < -0.4 is 5.32 Å². The second-order valence-corrected chi connectivity index (χ2v) is 14.1. The molecule has 4 fully saturated rings. The van der Waals surface area contributed by atoms with Crippen LogP contribution in [-0.4, -0.2) is 71.5 Å². The van der Waals surface area contributed by atoms with Crippen molar-refractivity contribution in [3.63, 3.8) is 0 Å². The molecular formula is C35H45FN4O. The monoisotopic (exact) mass is 556 g/mol. The van der Waals surface area contributed by atoms with E-state index in [1.165, 1.54) is 41.5 Å². The molecule has 1 amide bonds. The van der Waals surface area contributed by atoms with Crippen molar-refractivity contribution >= 4 is 11.5 Å². The minimum atomic E-state index is -0.159. The van der Waals surface area contributed by atoms with E-state index in [9.17, 15) is 9.18 Å². The van der Waals surface area contributed by atoms with Gasteiger partial charge in [0.15, 0.2) is 0 Å². The highest BCUT2D eigenvalue weighted by molar-refractivity contribution is 5.98. The molecule has 2 aromatic rings. The summed E-state index contributed by atoms with van der Waals surface area (Å²) in [6, 6.07) is 15.3. The smallest absolute Gasteiger partial charge is 0.254 e. The molecule has 0 saturated carbocycles. The third kappa shape index (κ3) is 5.51. The minimum absolute atomic E-state index is 0.159. The van der Waals surface area contributed by atoms with Gasteiger partial charge in [0.1, 0.15) is 5.82 Å².